The molecule has 2 rings (SSSR count). The molecule has 0 saturated heterocycles. The van der Waals surface area contributed by atoms with E-state index in [9.17, 15) is 0 Å². The van der Waals surface area contributed by atoms with Crippen molar-refractivity contribution in [2.45, 2.75) is 13.5 Å². The van der Waals surface area contributed by atoms with E-state index in [1.807, 2.05) is 32.0 Å². The fourth-order valence-corrected chi connectivity index (χ4v) is 1.53. The van der Waals surface area contributed by atoms with Crippen molar-refractivity contribution in [1.29, 1.82) is 0 Å². The lowest BCUT2D eigenvalue weighted by atomic mass is 10.4. The Morgan fingerprint density at radius 1 is 1.10 bits per heavy atom. The maximum absolute atomic E-state index is 4.33. The van der Waals surface area contributed by atoms with Crippen molar-refractivity contribution in [2.75, 3.05) is 36.7 Å². The van der Waals surface area contributed by atoms with Crippen molar-refractivity contribution >= 4 is 17.8 Å². The molecule has 2 heterocycles. The van der Waals surface area contributed by atoms with Crippen molar-refractivity contribution in [3.63, 3.8) is 0 Å². The molecule has 20 heavy (non-hydrogen) atoms. The van der Waals surface area contributed by atoms with Crippen LogP contribution in [0.25, 0.3) is 0 Å². The fraction of sp³-hybridized carbons (Fsp3) is 0.417. The van der Waals surface area contributed by atoms with Crippen LogP contribution in [0, 0.1) is 6.92 Å². The van der Waals surface area contributed by atoms with Crippen LogP contribution in [0.4, 0.5) is 17.8 Å². The highest BCUT2D eigenvalue weighted by molar-refractivity contribution is 5.42. The van der Waals surface area contributed by atoms with E-state index in [0.29, 0.717) is 24.4 Å². The number of hydrogen-bond donors (Lipinski definition) is 2. The van der Waals surface area contributed by atoms with Crippen molar-refractivity contribution in [3.8, 4) is 0 Å². The van der Waals surface area contributed by atoms with Gasteiger partial charge in [0.25, 0.3) is 0 Å². The quantitative estimate of drug-likeness (QED) is 0.823. The number of rotatable bonds is 5. The summed E-state index contributed by atoms with van der Waals surface area (Å²) in [6.07, 6.45) is 1.73. The Morgan fingerprint density at radius 2 is 1.85 bits per heavy atom. The molecular weight excluding hydrogens is 256 g/mol. The first-order chi connectivity index (χ1) is 9.58. The zero-order valence-corrected chi connectivity index (χ0v) is 12.0. The summed E-state index contributed by atoms with van der Waals surface area (Å²) in [6.45, 7) is 2.39. The molecule has 0 aromatic carbocycles. The Balaban J connectivity index is 2.14. The molecule has 0 aliphatic carbocycles. The van der Waals surface area contributed by atoms with Crippen molar-refractivity contribution in [2.24, 2.45) is 0 Å². The number of aromatic nitrogens is 5. The van der Waals surface area contributed by atoms with Crippen LogP contribution in [-0.2, 0) is 6.54 Å². The molecule has 0 aliphatic rings. The van der Waals surface area contributed by atoms with Crippen molar-refractivity contribution in [1.82, 2.24) is 24.9 Å². The van der Waals surface area contributed by atoms with Crippen LogP contribution < -0.4 is 15.5 Å². The lowest BCUT2D eigenvalue weighted by Crippen LogP contribution is -2.16. The second kappa shape index (κ2) is 6.09. The molecule has 0 atom stereocenters. The largest absolute Gasteiger partial charge is 0.357 e. The summed E-state index contributed by atoms with van der Waals surface area (Å²) < 4.78 is 0. The third-order valence-electron chi connectivity index (χ3n) is 2.51. The van der Waals surface area contributed by atoms with Crippen molar-refractivity contribution in [3.05, 3.63) is 23.8 Å². The SMILES string of the molecule is CNc1nc(NCc2ccnc(C)n2)nc(N(C)C)n1. The molecule has 0 saturated carbocycles. The average Bonchev–Trinajstić information content (AvgIpc) is 2.45. The minimum absolute atomic E-state index is 0.504. The Kier molecular flexibility index (Phi) is 4.24. The van der Waals surface area contributed by atoms with Crippen LogP contribution in [-0.4, -0.2) is 46.1 Å². The highest BCUT2D eigenvalue weighted by atomic mass is 15.3. The normalized spacial score (nSPS) is 10.2. The summed E-state index contributed by atoms with van der Waals surface area (Å²) in [6, 6.07) is 1.85. The first-order valence-corrected chi connectivity index (χ1v) is 6.22. The van der Waals surface area contributed by atoms with Gasteiger partial charge in [-0.25, -0.2) is 9.97 Å². The minimum Gasteiger partial charge on any atom is -0.357 e. The van der Waals surface area contributed by atoms with Gasteiger partial charge >= 0.3 is 0 Å². The summed E-state index contributed by atoms with van der Waals surface area (Å²) in [5, 5.41) is 6.05. The van der Waals surface area contributed by atoms with E-state index in [1.54, 1.807) is 13.2 Å². The van der Waals surface area contributed by atoms with E-state index in [4.69, 9.17) is 0 Å². The standard InChI is InChI=1S/C12H18N8/c1-8-14-6-5-9(16-8)7-15-11-17-10(13-2)18-12(19-11)20(3)4/h5-6H,7H2,1-4H3,(H2,13,15,17,18,19). The van der Waals surface area contributed by atoms with E-state index < -0.39 is 0 Å². The monoisotopic (exact) mass is 274 g/mol. The van der Waals surface area contributed by atoms with Gasteiger partial charge in [-0.3, -0.25) is 0 Å². The Hall–Kier alpha value is -2.51. The third kappa shape index (κ3) is 3.50. The highest BCUT2D eigenvalue weighted by Gasteiger charge is 2.07. The van der Waals surface area contributed by atoms with E-state index in [1.165, 1.54) is 0 Å². The second-order valence-corrected chi connectivity index (χ2v) is 4.38. The molecule has 0 amide bonds. The molecule has 8 heteroatoms. The Bertz CT molecular complexity index is 583. The lowest BCUT2D eigenvalue weighted by Gasteiger charge is -2.13. The van der Waals surface area contributed by atoms with Crippen LogP contribution in [0.2, 0.25) is 0 Å². The Labute approximate surface area is 117 Å². The average molecular weight is 274 g/mol. The number of anilines is 3. The summed E-state index contributed by atoms with van der Waals surface area (Å²) in [5.74, 6) is 2.35. The van der Waals surface area contributed by atoms with Gasteiger partial charge in [-0.1, -0.05) is 0 Å². The predicted molar refractivity (Wildman–Crippen MR) is 77.8 cm³/mol. The van der Waals surface area contributed by atoms with Crippen LogP contribution >= 0.6 is 0 Å². The van der Waals surface area contributed by atoms with Crippen molar-refractivity contribution < 1.29 is 0 Å². The molecule has 8 nitrogen and oxygen atoms in total. The van der Waals surface area contributed by atoms with E-state index in [-0.39, 0.29) is 0 Å². The van der Waals surface area contributed by atoms with Gasteiger partial charge in [-0.2, -0.15) is 15.0 Å². The van der Waals surface area contributed by atoms with Gasteiger partial charge in [0.2, 0.25) is 17.8 Å². The number of aryl methyl sites for hydroxylation is 1. The second-order valence-electron chi connectivity index (χ2n) is 4.38. The van der Waals surface area contributed by atoms with Gasteiger partial charge in [0.05, 0.1) is 12.2 Å². The first kappa shape index (κ1) is 13.9. The molecule has 0 unspecified atom stereocenters. The molecule has 2 aromatic rings. The van der Waals surface area contributed by atoms with Gasteiger partial charge in [0.1, 0.15) is 5.82 Å². The number of nitrogens with zero attached hydrogens (tertiary/aromatic N) is 6. The molecule has 0 spiro atoms. The van der Waals surface area contributed by atoms with E-state index in [0.717, 1.165) is 11.5 Å². The maximum Gasteiger partial charge on any atom is 0.231 e. The fourth-order valence-electron chi connectivity index (χ4n) is 1.53. The van der Waals surface area contributed by atoms with Crippen LogP contribution in [0.3, 0.4) is 0 Å². The van der Waals surface area contributed by atoms with Crippen LogP contribution in [0.5, 0.6) is 0 Å². The zero-order valence-electron chi connectivity index (χ0n) is 12.0. The first-order valence-electron chi connectivity index (χ1n) is 6.22. The van der Waals surface area contributed by atoms with E-state index >= 15 is 0 Å². The maximum atomic E-state index is 4.33. The molecule has 0 fully saturated rings. The number of nitrogens with one attached hydrogen (secondary N) is 2. The number of hydrogen-bond acceptors (Lipinski definition) is 8. The van der Waals surface area contributed by atoms with Gasteiger partial charge in [0.15, 0.2) is 0 Å². The minimum atomic E-state index is 0.504. The zero-order chi connectivity index (χ0) is 14.5. The smallest absolute Gasteiger partial charge is 0.231 e. The molecule has 2 N–H and O–H groups in total. The molecule has 0 aliphatic heterocycles. The van der Waals surface area contributed by atoms with E-state index in [2.05, 4.69) is 35.6 Å². The third-order valence-corrected chi connectivity index (χ3v) is 2.51. The van der Waals surface area contributed by atoms with Gasteiger partial charge < -0.3 is 15.5 Å². The summed E-state index contributed by atoms with van der Waals surface area (Å²) in [7, 11) is 5.53. The predicted octanol–water partition coefficient (Wildman–Crippen LogP) is 0.690. The summed E-state index contributed by atoms with van der Waals surface area (Å²) in [4.78, 5) is 23.0. The summed E-state index contributed by atoms with van der Waals surface area (Å²) >= 11 is 0. The lowest BCUT2D eigenvalue weighted by molar-refractivity contribution is 0.916. The molecular formula is C12H18N8. The van der Waals surface area contributed by atoms with Gasteiger partial charge in [-0.05, 0) is 13.0 Å². The molecule has 0 radical (unpaired) electrons. The van der Waals surface area contributed by atoms with Gasteiger partial charge in [0, 0.05) is 27.3 Å². The summed E-state index contributed by atoms with van der Waals surface area (Å²) in [5.41, 5.74) is 0.885. The van der Waals surface area contributed by atoms with Crippen LogP contribution in [0.15, 0.2) is 12.3 Å². The molecule has 2 aromatic heterocycles. The molecule has 106 valence electrons. The van der Waals surface area contributed by atoms with Gasteiger partial charge in [-0.15, -0.1) is 0 Å². The topological polar surface area (TPSA) is 91.8 Å². The highest BCUT2D eigenvalue weighted by Crippen LogP contribution is 2.11. The molecule has 0 bridgehead atoms. The van der Waals surface area contributed by atoms with Crippen LogP contribution in [0.1, 0.15) is 11.5 Å². The Morgan fingerprint density at radius 3 is 2.50 bits per heavy atom.